The number of hydrogen-bond donors (Lipinski definition) is 1. The highest BCUT2D eigenvalue weighted by Crippen LogP contribution is 2.22. The van der Waals surface area contributed by atoms with Gasteiger partial charge in [0.15, 0.2) is 0 Å². The quantitative estimate of drug-likeness (QED) is 0.894. The van der Waals surface area contributed by atoms with Gasteiger partial charge in [-0.25, -0.2) is 4.98 Å². The van der Waals surface area contributed by atoms with Gasteiger partial charge >= 0.3 is 5.97 Å². The molecule has 0 unspecified atom stereocenters. The predicted molar refractivity (Wildman–Crippen MR) is 80.4 cm³/mol. The number of carboxylic acid groups (broad SMARTS) is 1. The molecule has 1 saturated heterocycles. The SMILES string of the molecule is CC1CCN(c2ccc(N(C)CCC(=O)O)cn2)CC1. The molecule has 0 aromatic carbocycles. The third kappa shape index (κ3) is 3.85. The largest absolute Gasteiger partial charge is 0.481 e. The fourth-order valence-corrected chi connectivity index (χ4v) is 2.42. The zero-order valence-electron chi connectivity index (χ0n) is 12.2. The number of aliphatic carboxylic acids is 1. The molecule has 0 radical (unpaired) electrons. The van der Waals surface area contributed by atoms with E-state index in [1.807, 2.05) is 30.3 Å². The fourth-order valence-electron chi connectivity index (χ4n) is 2.42. The number of anilines is 2. The van der Waals surface area contributed by atoms with Gasteiger partial charge in [-0.3, -0.25) is 4.79 Å². The van der Waals surface area contributed by atoms with E-state index in [-0.39, 0.29) is 6.42 Å². The summed E-state index contributed by atoms with van der Waals surface area (Å²) < 4.78 is 0. The number of piperidine rings is 1. The molecule has 5 heteroatoms. The smallest absolute Gasteiger partial charge is 0.305 e. The molecule has 2 rings (SSSR count). The average molecular weight is 277 g/mol. The molecule has 0 aliphatic carbocycles. The Morgan fingerprint density at radius 3 is 2.70 bits per heavy atom. The van der Waals surface area contributed by atoms with Gasteiger partial charge in [0.1, 0.15) is 5.82 Å². The molecule has 1 aliphatic heterocycles. The molecule has 1 fully saturated rings. The number of pyridine rings is 1. The van der Waals surface area contributed by atoms with Gasteiger partial charge in [-0.15, -0.1) is 0 Å². The molecule has 0 saturated carbocycles. The van der Waals surface area contributed by atoms with Crippen molar-refractivity contribution in [2.45, 2.75) is 26.2 Å². The van der Waals surface area contributed by atoms with Gasteiger partial charge < -0.3 is 14.9 Å². The van der Waals surface area contributed by atoms with Crippen LogP contribution in [0.3, 0.4) is 0 Å². The highest BCUT2D eigenvalue weighted by atomic mass is 16.4. The van der Waals surface area contributed by atoms with Crippen LogP contribution in [0.15, 0.2) is 18.3 Å². The van der Waals surface area contributed by atoms with Crippen molar-refractivity contribution in [1.29, 1.82) is 0 Å². The summed E-state index contributed by atoms with van der Waals surface area (Å²) in [5, 5.41) is 8.70. The average Bonchev–Trinajstić information content (AvgIpc) is 2.46. The van der Waals surface area contributed by atoms with Crippen LogP contribution >= 0.6 is 0 Å². The Morgan fingerprint density at radius 1 is 1.45 bits per heavy atom. The van der Waals surface area contributed by atoms with Crippen LogP contribution in [0, 0.1) is 5.92 Å². The van der Waals surface area contributed by atoms with E-state index in [0.717, 1.165) is 30.5 Å². The van der Waals surface area contributed by atoms with Crippen molar-refractivity contribution >= 4 is 17.5 Å². The lowest BCUT2D eigenvalue weighted by molar-refractivity contribution is -0.136. The highest BCUT2D eigenvalue weighted by Gasteiger charge is 2.16. The van der Waals surface area contributed by atoms with Gasteiger partial charge in [0.2, 0.25) is 0 Å². The van der Waals surface area contributed by atoms with Crippen LogP contribution in [-0.4, -0.2) is 42.7 Å². The number of aromatic nitrogens is 1. The lowest BCUT2D eigenvalue weighted by atomic mass is 9.99. The lowest BCUT2D eigenvalue weighted by Gasteiger charge is -2.31. The van der Waals surface area contributed by atoms with Crippen molar-refractivity contribution in [2.75, 3.05) is 36.5 Å². The zero-order chi connectivity index (χ0) is 14.5. The van der Waals surface area contributed by atoms with E-state index >= 15 is 0 Å². The van der Waals surface area contributed by atoms with E-state index < -0.39 is 5.97 Å². The molecule has 1 N–H and O–H groups in total. The molecule has 5 nitrogen and oxygen atoms in total. The number of hydrogen-bond acceptors (Lipinski definition) is 4. The van der Waals surface area contributed by atoms with Gasteiger partial charge in [-0.1, -0.05) is 6.92 Å². The van der Waals surface area contributed by atoms with Crippen LogP contribution in [0.25, 0.3) is 0 Å². The Bertz CT molecular complexity index is 439. The first-order chi connectivity index (χ1) is 9.56. The number of carbonyl (C=O) groups is 1. The Balaban J connectivity index is 1.93. The van der Waals surface area contributed by atoms with Crippen LogP contribution in [0.4, 0.5) is 11.5 Å². The van der Waals surface area contributed by atoms with Gasteiger partial charge in [-0.05, 0) is 30.9 Å². The minimum atomic E-state index is -0.774. The first-order valence-electron chi connectivity index (χ1n) is 7.20. The first-order valence-corrected chi connectivity index (χ1v) is 7.20. The number of nitrogens with zero attached hydrogens (tertiary/aromatic N) is 3. The molecular formula is C15H23N3O2. The van der Waals surface area contributed by atoms with Crippen LogP contribution in [0.1, 0.15) is 26.2 Å². The zero-order valence-corrected chi connectivity index (χ0v) is 12.2. The normalized spacial score (nSPS) is 16.2. The van der Waals surface area contributed by atoms with Crippen molar-refractivity contribution in [3.63, 3.8) is 0 Å². The van der Waals surface area contributed by atoms with E-state index in [0.29, 0.717) is 6.54 Å². The van der Waals surface area contributed by atoms with Crippen LogP contribution in [-0.2, 0) is 4.79 Å². The van der Waals surface area contributed by atoms with Crippen LogP contribution in [0.2, 0.25) is 0 Å². The molecular weight excluding hydrogens is 254 g/mol. The highest BCUT2D eigenvalue weighted by molar-refractivity contribution is 5.67. The van der Waals surface area contributed by atoms with E-state index in [4.69, 9.17) is 5.11 Å². The second-order valence-corrected chi connectivity index (χ2v) is 5.61. The van der Waals surface area contributed by atoms with E-state index in [1.165, 1.54) is 12.8 Å². The van der Waals surface area contributed by atoms with E-state index in [1.54, 1.807) is 0 Å². The Hall–Kier alpha value is -1.78. The minimum absolute atomic E-state index is 0.141. The maximum atomic E-state index is 10.6. The maximum absolute atomic E-state index is 10.6. The van der Waals surface area contributed by atoms with E-state index in [9.17, 15) is 4.79 Å². The summed E-state index contributed by atoms with van der Waals surface area (Å²) in [6, 6.07) is 4.05. The summed E-state index contributed by atoms with van der Waals surface area (Å²) in [5.41, 5.74) is 0.959. The number of carboxylic acids is 1. The second-order valence-electron chi connectivity index (χ2n) is 5.61. The molecule has 110 valence electrons. The molecule has 20 heavy (non-hydrogen) atoms. The Morgan fingerprint density at radius 2 is 2.15 bits per heavy atom. The van der Waals surface area contributed by atoms with Crippen LogP contribution in [0.5, 0.6) is 0 Å². The molecule has 1 aromatic heterocycles. The van der Waals surface area contributed by atoms with Gasteiger partial charge in [-0.2, -0.15) is 0 Å². The van der Waals surface area contributed by atoms with Crippen molar-refractivity contribution in [3.05, 3.63) is 18.3 Å². The third-order valence-electron chi connectivity index (χ3n) is 3.94. The van der Waals surface area contributed by atoms with Crippen LogP contribution < -0.4 is 9.80 Å². The van der Waals surface area contributed by atoms with Crippen molar-refractivity contribution < 1.29 is 9.90 Å². The summed E-state index contributed by atoms with van der Waals surface area (Å²) in [6.45, 7) is 4.94. The summed E-state index contributed by atoms with van der Waals surface area (Å²) in [4.78, 5) is 19.3. The summed E-state index contributed by atoms with van der Waals surface area (Å²) in [5.74, 6) is 1.06. The van der Waals surface area contributed by atoms with Crippen molar-refractivity contribution in [2.24, 2.45) is 5.92 Å². The second kappa shape index (κ2) is 6.59. The number of rotatable bonds is 5. The summed E-state index contributed by atoms with van der Waals surface area (Å²) >= 11 is 0. The van der Waals surface area contributed by atoms with Gasteiger partial charge in [0.25, 0.3) is 0 Å². The molecule has 0 atom stereocenters. The first kappa shape index (κ1) is 14.6. The standard InChI is InChI=1S/C15H23N3O2/c1-12-5-9-18(10-6-12)14-4-3-13(11-16-14)17(2)8-7-15(19)20/h3-4,11-12H,5-10H2,1-2H3,(H,19,20). The lowest BCUT2D eigenvalue weighted by Crippen LogP contribution is -2.33. The van der Waals surface area contributed by atoms with Crippen molar-refractivity contribution in [3.8, 4) is 0 Å². The predicted octanol–water partition coefficient (Wildman–Crippen LogP) is 2.23. The van der Waals surface area contributed by atoms with Gasteiger partial charge in [0.05, 0.1) is 18.3 Å². The topological polar surface area (TPSA) is 56.7 Å². The molecule has 1 aliphatic rings. The molecule has 0 amide bonds. The van der Waals surface area contributed by atoms with Crippen molar-refractivity contribution in [1.82, 2.24) is 4.98 Å². The molecule has 2 heterocycles. The molecule has 0 spiro atoms. The maximum Gasteiger partial charge on any atom is 0.305 e. The third-order valence-corrected chi connectivity index (χ3v) is 3.94. The summed E-state index contributed by atoms with van der Waals surface area (Å²) in [6.07, 6.45) is 4.42. The molecule has 0 bridgehead atoms. The monoisotopic (exact) mass is 277 g/mol. The Labute approximate surface area is 120 Å². The molecule has 1 aromatic rings. The van der Waals surface area contributed by atoms with Gasteiger partial charge in [0, 0.05) is 26.7 Å². The Kier molecular flexibility index (Phi) is 4.82. The summed E-state index contributed by atoms with van der Waals surface area (Å²) in [7, 11) is 1.89. The van der Waals surface area contributed by atoms with E-state index in [2.05, 4.69) is 16.8 Å². The fraction of sp³-hybridized carbons (Fsp3) is 0.600. The minimum Gasteiger partial charge on any atom is -0.481 e.